The Morgan fingerprint density at radius 3 is 2.57 bits per heavy atom. The van der Waals surface area contributed by atoms with Crippen molar-refractivity contribution < 1.29 is 18.9 Å². The van der Waals surface area contributed by atoms with Crippen LogP contribution >= 0.6 is 11.6 Å². The van der Waals surface area contributed by atoms with E-state index in [9.17, 15) is 18.9 Å². The molecule has 3 N–H and O–H groups in total. The number of hydrogen-bond acceptors (Lipinski definition) is 6. The summed E-state index contributed by atoms with van der Waals surface area (Å²) in [5.74, 6) is -0.778. The van der Waals surface area contributed by atoms with E-state index in [-0.39, 0.29) is 27.8 Å². The van der Waals surface area contributed by atoms with Gasteiger partial charge in [-0.25, -0.2) is 4.98 Å². The zero-order chi connectivity index (χ0) is 24.3. The van der Waals surface area contributed by atoms with Crippen LogP contribution in [0, 0.1) is 0 Å². The van der Waals surface area contributed by atoms with E-state index in [0.717, 1.165) is 5.52 Å². The molecule has 0 bridgehead atoms. The summed E-state index contributed by atoms with van der Waals surface area (Å²) in [6.45, 7) is 0.314. The molecule has 0 radical (unpaired) electrons. The van der Waals surface area contributed by atoms with Gasteiger partial charge in [-0.2, -0.15) is 5.10 Å². The molecule has 1 aliphatic rings. The molecule has 0 saturated heterocycles. The minimum absolute atomic E-state index is 0.0236. The number of carbonyl (C=O) groups excluding carboxylic acids is 2. The zero-order valence-electron chi connectivity index (χ0n) is 17.9. The largest absolute Gasteiger partial charge is 0.508 e. The van der Waals surface area contributed by atoms with Crippen molar-refractivity contribution in [3.05, 3.63) is 71.0 Å². The highest BCUT2D eigenvalue weighted by atomic mass is 35.5. The Morgan fingerprint density at radius 1 is 1.00 bits per heavy atom. The Labute approximate surface area is 205 Å². The molecule has 2 amide bonds. The van der Waals surface area contributed by atoms with Gasteiger partial charge in [0.1, 0.15) is 12.1 Å². The van der Waals surface area contributed by atoms with Gasteiger partial charge >= 0.3 is 0 Å². The van der Waals surface area contributed by atoms with Gasteiger partial charge in [0.15, 0.2) is 0 Å². The van der Waals surface area contributed by atoms with Crippen LogP contribution in [0.25, 0.3) is 32.9 Å². The molecule has 5 aromatic rings. The van der Waals surface area contributed by atoms with Gasteiger partial charge in [0.2, 0.25) is 5.16 Å². The van der Waals surface area contributed by atoms with E-state index in [4.69, 9.17) is 11.6 Å². The molecule has 2 aromatic heterocycles. The van der Waals surface area contributed by atoms with Gasteiger partial charge < -0.3 is 9.67 Å². The molecular formula is C24H16ClN5O4S. The maximum absolute atomic E-state index is 13.0. The van der Waals surface area contributed by atoms with Crippen LogP contribution in [0.3, 0.4) is 0 Å². The van der Waals surface area contributed by atoms with Gasteiger partial charge in [0.05, 0.1) is 27.4 Å². The minimum atomic E-state index is -1.44. The highest BCUT2D eigenvalue weighted by Gasteiger charge is 2.35. The van der Waals surface area contributed by atoms with Crippen LogP contribution in [0.2, 0.25) is 5.02 Å². The molecule has 6 rings (SSSR count). The van der Waals surface area contributed by atoms with E-state index in [0.29, 0.717) is 39.0 Å². The number of rotatable bonds is 5. The van der Waals surface area contributed by atoms with Gasteiger partial charge in [-0.05, 0) is 35.9 Å². The first kappa shape index (κ1) is 21.5. The number of aromatic hydroxyl groups is 1. The summed E-state index contributed by atoms with van der Waals surface area (Å²) in [5, 5.41) is 20.8. The van der Waals surface area contributed by atoms with Crippen LogP contribution in [0.15, 0.2) is 60.0 Å². The first-order chi connectivity index (χ1) is 16.9. The number of H-pyrrole nitrogens is 1. The number of halogens is 1. The monoisotopic (exact) mass is 505 g/mol. The average Bonchev–Trinajstić information content (AvgIpc) is 3.55. The maximum Gasteiger partial charge on any atom is 0.259 e. The van der Waals surface area contributed by atoms with Crippen LogP contribution in [0.4, 0.5) is 0 Å². The van der Waals surface area contributed by atoms with Gasteiger partial charge in [-0.1, -0.05) is 29.8 Å². The molecule has 0 aliphatic carbocycles. The van der Waals surface area contributed by atoms with E-state index in [1.807, 2.05) is 10.6 Å². The molecule has 1 aliphatic heterocycles. The summed E-state index contributed by atoms with van der Waals surface area (Å²) in [4.78, 5) is 29.9. The number of carbonyl (C=O) groups is 2. The topological polar surface area (TPSA) is 130 Å². The average molecular weight is 506 g/mol. The van der Waals surface area contributed by atoms with Crippen LogP contribution in [-0.4, -0.2) is 46.6 Å². The lowest BCUT2D eigenvalue weighted by molar-refractivity contribution is 0.0880. The third-order valence-corrected chi connectivity index (χ3v) is 7.60. The SMILES string of the molecule is O=C1NC(=O)c2c1c(-c1ccccc1Cl)cc1c2c2cc(O)ccc2n1CCS(=O)c1ncn[nH]1. The van der Waals surface area contributed by atoms with Gasteiger partial charge in [0.25, 0.3) is 11.8 Å². The maximum atomic E-state index is 13.0. The van der Waals surface area contributed by atoms with Crippen molar-refractivity contribution in [1.82, 2.24) is 25.1 Å². The number of aryl methyl sites for hydroxylation is 1. The van der Waals surface area contributed by atoms with Crippen LogP contribution < -0.4 is 5.32 Å². The van der Waals surface area contributed by atoms with Crippen molar-refractivity contribution in [3.63, 3.8) is 0 Å². The Kier molecular flexibility index (Phi) is 4.94. The van der Waals surface area contributed by atoms with E-state index >= 15 is 0 Å². The number of phenols is 1. The van der Waals surface area contributed by atoms with Crippen molar-refractivity contribution >= 4 is 56.0 Å². The fourth-order valence-electron chi connectivity index (χ4n) is 4.64. The third kappa shape index (κ3) is 3.33. The molecule has 35 heavy (non-hydrogen) atoms. The summed E-state index contributed by atoms with van der Waals surface area (Å²) >= 11 is 6.48. The van der Waals surface area contributed by atoms with Crippen molar-refractivity contribution in [1.29, 1.82) is 0 Å². The number of fused-ring (bicyclic) bond motifs is 5. The third-order valence-electron chi connectivity index (χ3n) is 6.09. The molecule has 3 heterocycles. The predicted molar refractivity (Wildman–Crippen MR) is 131 cm³/mol. The first-order valence-corrected chi connectivity index (χ1v) is 12.3. The Hall–Kier alpha value is -4.02. The number of aromatic nitrogens is 4. The normalized spacial score (nSPS) is 14.0. The van der Waals surface area contributed by atoms with Gasteiger partial charge in [-0.3, -0.25) is 24.2 Å². The molecule has 0 saturated carbocycles. The Bertz CT molecular complexity index is 1710. The number of nitrogens with one attached hydrogen (secondary N) is 2. The molecule has 11 heteroatoms. The van der Waals surface area contributed by atoms with Crippen molar-refractivity contribution in [2.45, 2.75) is 11.7 Å². The number of benzene rings is 3. The number of imide groups is 1. The van der Waals surface area contributed by atoms with Crippen molar-refractivity contribution in [3.8, 4) is 16.9 Å². The van der Waals surface area contributed by atoms with E-state index in [2.05, 4.69) is 20.5 Å². The fourth-order valence-corrected chi connectivity index (χ4v) is 5.74. The lowest BCUT2D eigenvalue weighted by Crippen LogP contribution is -2.20. The second-order valence-corrected chi connectivity index (χ2v) is 9.92. The van der Waals surface area contributed by atoms with Crippen LogP contribution in [0.1, 0.15) is 20.7 Å². The molecule has 174 valence electrons. The van der Waals surface area contributed by atoms with Crippen LogP contribution in [-0.2, 0) is 17.3 Å². The number of nitrogens with zero attached hydrogens (tertiary/aromatic N) is 3. The molecular weight excluding hydrogens is 490 g/mol. The number of hydrogen-bond donors (Lipinski definition) is 3. The summed E-state index contributed by atoms with van der Waals surface area (Å²) in [5.41, 5.74) is 2.97. The molecule has 3 aromatic carbocycles. The van der Waals surface area contributed by atoms with Crippen LogP contribution in [0.5, 0.6) is 5.75 Å². The molecule has 9 nitrogen and oxygen atoms in total. The van der Waals surface area contributed by atoms with E-state index < -0.39 is 22.6 Å². The highest BCUT2D eigenvalue weighted by Crippen LogP contribution is 2.42. The van der Waals surface area contributed by atoms with Crippen molar-refractivity contribution in [2.75, 3.05) is 5.75 Å². The summed E-state index contributed by atoms with van der Waals surface area (Å²) in [7, 11) is -1.44. The van der Waals surface area contributed by atoms with E-state index in [1.165, 1.54) is 6.33 Å². The summed E-state index contributed by atoms with van der Waals surface area (Å²) in [6.07, 6.45) is 1.30. The van der Waals surface area contributed by atoms with Crippen molar-refractivity contribution in [2.24, 2.45) is 0 Å². The van der Waals surface area contributed by atoms with Gasteiger partial charge in [0, 0.05) is 39.2 Å². The first-order valence-electron chi connectivity index (χ1n) is 10.6. The molecule has 1 atom stereocenters. The smallest absolute Gasteiger partial charge is 0.259 e. The number of phenolic OH excluding ortho intramolecular Hbond substituents is 1. The quantitative estimate of drug-likeness (QED) is 0.313. The second kappa shape index (κ2) is 8.03. The second-order valence-electron chi connectivity index (χ2n) is 8.02. The lowest BCUT2D eigenvalue weighted by Gasteiger charge is -2.12. The highest BCUT2D eigenvalue weighted by molar-refractivity contribution is 7.84. The zero-order valence-corrected chi connectivity index (χ0v) is 19.5. The standard InChI is InChI=1S/C24H16ClN5O4S/c25-16-4-2-1-3-13(16)14-10-18-19(21-20(14)22(32)28-23(21)33)15-9-12(31)5-6-17(15)30(18)7-8-35(34)24-26-11-27-29-24/h1-6,9-11,31H,7-8H2,(H,26,27,29)(H,28,32,33). The summed E-state index contributed by atoms with van der Waals surface area (Å²) in [6, 6.07) is 13.8. The number of aromatic amines is 1. The van der Waals surface area contributed by atoms with E-state index in [1.54, 1.807) is 42.5 Å². The molecule has 1 unspecified atom stereocenters. The Balaban J connectivity index is 1.65. The lowest BCUT2D eigenvalue weighted by atomic mass is 9.93. The molecule has 0 spiro atoms. The summed E-state index contributed by atoms with van der Waals surface area (Å²) < 4.78 is 14.7. The number of amides is 2. The fraction of sp³-hybridized carbons (Fsp3) is 0.0833. The van der Waals surface area contributed by atoms with Gasteiger partial charge in [-0.15, -0.1) is 0 Å². The Morgan fingerprint density at radius 2 is 1.80 bits per heavy atom. The predicted octanol–water partition coefficient (Wildman–Crippen LogP) is 3.63. The molecule has 0 fully saturated rings. The minimum Gasteiger partial charge on any atom is -0.508 e.